The first-order valence-electron chi connectivity index (χ1n) is 6.03. The summed E-state index contributed by atoms with van der Waals surface area (Å²) in [4.78, 5) is 11.7. The van der Waals surface area contributed by atoms with Crippen molar-refractivity contribution in [3.05, 3.63) is 34.9 Å². The Hall–Kier alpha value is -1.02. The minimum Gasteiger partial charge on any atom is -0.353 e. The normalized spacial score (nSPS) is 12.5. The molecule has 0 aromatic heterocycles. The Labute approximate surface area is 108 Å². The molecule has 94 valence electrons. The summed E-state index contributed by atoms with van der Waals surface area (Å²) in [5.41, 5.74) is 1.03. The minimum atomic E-state index is 0.0890. The second-order valence-corrected chi connectivity index (χ2v) is 5.10. The average Bonchev–Trinajstić information content (AvgIpc) is 2.27. The molecule has 1 aromatic rings. The van der Waals surface area contributed by atoms with Crippen LogP contribution in [0, 0.1) is 5.92 Å². The molecule has 0 saturated heterocycles. The second-order valence-electron chi connectivity index (χ2n) is 4.69. The highest BCUT2D eigenvalue weighted by Gasteiger charge is 2.11. The SMILES string of the molecule is CC(C)[C@H](C)NC(=O)CCc1ccccc1Cl. The maximum atomic E-state index is 11.7. The Balaban J connectivity index is 2.41. The number of hydrogen-bond acceptors (Lipinski definition) is 1. The number of amides is 1. The van der Waals surface area contributed by atoms with Crippen LogP contribution >= 0.6 is 11.6 Å². The zero-order valence-electron chi connectivity index (χ0n) is 10.7. The maximum Gasteiger partial charge on any atom is 0.220 e. The number of rotatable bonds is 5. The molecular formula is C14H20ClNO. The predicted octanol–water partition coefficient (Wildman–Crippen LogP) is 3.43. The molecule has 0 aliphatic rings. The molecular weight excluding hydrogens is 234 g/mol. The van der Waals surface area contributed by atoms with Crippen LogP contribution in [0.25, 0.3) is 0 Å². The van der Waals surface area contributed by atoms with Crippen molar-refractivity contribution in [3.63, 3.8) is 0 Å². The summed E-state index contributed by atoms with van der Waals surface area (Å²) in [6.45, 7) is 6.22. The number of carbonyl (C=O) groups is 1. The Bertz CT molecular complexity index is 376. The topological polar surface area (TPSA) is 29.1 Å². The molecule has 0 radical (unpaired) electrons. The van der Waals surface area contributed by atoms with Gasteiger partial charge in [0.05, 0.1) is 0 Å². The van der Waals surface area contributed by atoms with E-state index in [1.54, 1.807) is 0 Å². The summed E-state index contributed by atoms with van der Waals surface area (Å²) in [6.07, 6.45) is 1.18. The third-order valence-corrected chi connectivity index (χ3v) is 3.34. The van der Waals surface area contributed by atoms with E-state index in [0.29, 0.717) is 18.8 Å². The van der Waals surface area contributed by atoms with Crippen LogP contribution in [0.1, 0.15) is 32.8 Å². The predicted molar refractivity (Wildman–Crippen MR) is 72.2 cm³/mol. The molecule has 1 atom stereocenters. The van der Waals surface area contributed by atoms with Gasteiger partial charge in [0.25, 0.3) is 0 Å². The summed E-state index contributed by atoms with van der Waals surface area (Å²) < 4.78 is 0. The molecule has 3 heteroatoms. The fourth-order valence-corrected chi connectivity index (χ4v) is 1.67. The molecule has 17 heavy (non-hydrogen) atoms. The van der Waals surface area contributed by atoms with E-state index in [2.05, 4.69) is 19.2 Å². The fraction of sp³-hybridized carbons (Fsp3) is 0.500. The largest absolute Gasteiger partial charge is 0.353 e. The van der Waals surface area contributed by atoms with Crippen molar-refractivity contribution in [2.45, 2.75) is 39.7 Å². The fourth-order valence-electron chi connectivity index (χ4n) is 1.44. The molecule has 1 aromatic carbocycles. The zero-order valence-corrected chi connectivity index (χ0v) is 11.4. The molecule has 0 aliphatic carbocycles. The van der Waals surface area contributed by atoms with Gasteiger partial charge in [0.15, 0.2) is 0 Å². The van der Waals surface area contributed by atoms with Crippen LogP contribution in [0.4, 0.5) is 0 Å². The van der Waals surface area contributed by atoms with E-state index in [-0.39, 0.29) is 11.9 Å². The average molecular weight is 254 g/mol. The first kappa shape index (κ1) is 14.0. The van der Waals surface area contributed by atoms with Gasteiger partial charge in [-0.3, -0.25) is 4.79 Å². The van der Waals surface area contributed by atoms with Gasteiger partial charge in [-0.1, -0.05) is 43.6 Å². The monoisotopic (exact) mass is 253 g/mol. The first-order valence-corrected chi connectivity index (χ1v) is 6.41. The van der Waals surface area contributed by atoms with Crippen molar-refractivity contribution in [2.24, 2.45) is 5.92 Å². The highest BCUT2D eigenvalue weighted by atomic mass is 35.5. The van der Waals surface area contributed by atoms with Gasteiger partial charge in [0.2, 0.25) is 5.91 Å². The minimum absolute atomic E-state index is 0.0890. The van der Waals surface area contributed by atoms with Crippen molar-refractivity contribution in [2.75, 3.05) is 0 Å². The van der Waals surface area contributed by atoms with Crippen molar-refractivity contribution in [1.29, 1.82) is 0 Å². The standard InChI is InChI=1S/C14H20ClNO/c1-10(2)11(3)16-14(17)9-8-12-6-4-5-7-13(12)15/h4-7,10-11H,8-9H2,1-3H3,(H,16,17)/t11-/m0/s1. The third-order valence-electron chi connectivity index (χ3n) is 2.97. The van der Waals surface area contributed by atoms with E-state index in [0.717, 1.165) is 10.6 Å². The van der Waals surface area contributed by atoms with Crippen LogP contribution in [-0.2, 0) is 11.2 Å². The summed E-state index contributed by atoms with van der Waals surface area (Å²) in [7, 11) is 0. The molecule has 1 rings (SSSR count). The molecule has 1 N–H and O–H groups in total. The van der Waals surface area contributed by atoms with E-state index in [4.69, 9.17) is 11.6 Å². The summed E-state index contributed by atoms with van der Waals surface area (Å²) in [6, 6.07) is 7.86. The molecule has 0 bridgehead atoms. The van der Waals surface area contributed by atoms with Gasteiger partial charge >= 0.3 is 0 Å². The van der Waals surface area contributed by atoms with Crippen molar-refractivity contribution in [1.82, 2.24) is 5.32 Å². The molecule has 0 aliphatic heterocycles. The lowest BCUT2D eigenvalue weighted by atomic mass is 10.1. The van der Waals surface area contributed by atoms with Crippen LogP contribution < -0.4 is 5.32 Å². The smallest absolute Gasteiger partial charge is 0.220 e. The summed E-state index contributed by atoms with van der Waals surface area (Å²) in [5, 5.41) is 3.72. The van der Waals surface area contributed by atoms with Gasteiger partial charge in [0, 0.05) is 17.5 Å². The lowest BCUT2D eigenvalue weighted by Gasteiger charge is -2.17. The van der Waals surface area contributed by atoms with Crippen molar-refractivity contribution < 1.29 is 4.79 Å². The van der Waals surface area contributed by atoms with E-state index in [1.165, 1.54) is 0 Å². The van der Waals surface area contributed by atoms with Crippen LogP contribution in [0.15, 0.2) is 24.3 Å². The van der Waals surface area contributed by atoms with E-state index < -0.39 is 0 Å². The van der Waals surface area contributed by atoms with Crippen LogP contribution in [-0.4, -0.2) is 11.9 Å². The Morgan fingerprint density at radius 3 is 2.53 bits per heavy atom. The molecule has 0 fully saturated rings. The van der Waals surface area contributed by atoms with E-state index >= 15 is 0 Å². The number of carbonyl (C=O) groups excluding carboxylic acids is 1. The van der Waals surface area contributed by atoms with Crippen LogP contribution in [0.3, 0.4) is 0 Å². The molecule has 0 spiro atoms. The first-order chi connectivity index (χ1) is 8.00. The molecule has 2 nitrogen and oxygen atoms in total. The summed E-state index contributed by atoms with van der Waals surface area (Å²) >= 11 is 6.03. The second kappa shape index (κ2) is 6.65. The molecule has 0 heterocycles. The molecule has 1 amide bonds. The van der Waals surface area contributed by atoms with Crippen LogP contribution in [0.2, 0.25) is 5.02 Å². The van der Waals surface area contributed by atoms with Gasteiger partial charge in [-0.25, -0.2) is 0 Å². The summed E-state index contributed by atoms with van der Waals surface area (Å²) in [5.74, 6) is 0.547. The van der Waals surface area contributed by atoms with Gasteiger partial charge in [-0.05, 0) is 30.9 Å². The highest BCUT2D eigenvalue weighted by molar-refractivity contribution is 6.31. The number of hydrogen-bond donors (Lipinski definition) is 1. The van der Waals surface area contributed by atoms with Crippen LogP contribution in [0.5, 0.6) is 0 Å². The zero-order chi connectivity index (χ0) is 12.8. The number of halogens is 1. The van der Waals surface area contributed by atoms with Crippen molar-refractivity contribution in [3.8, 4) is 0 Å². The van der Waals surface area contributed by atoms with Gasteiger partial charge in [-0.15, -0.1) is 0 Å². The van der Waals surface area contributed by atoms with Crippen molar-refractivity contribution >= 4 is 17.5 Å². The highest BCUT2D eigenvalue weighted by Crippen LogP contribution is 2.16. The Kier molecular flexibility index (Phi) is 5.49. The maximum absolute atomic E-state index is 11.7. The lowest BCUT2D eigenvalue weighted by Crippen LogP contribution is -2.36. The molecule has 0 unspecified atom stereocenters. The number of aryl methyl sites for hydroxylation is 1. The number of benzene rings is 1. The third kappa shape index (κ3) is 4.78. The van der Waals surface area contributed by atoms with E-state index in [9.17, 15) is 4.79 Å². The van der Waals surface area contributed by atoms with Gasteiger partial charge in [-0.2, -0.15) is 0 Å². The molecule has 0 saturated carbocycles. The Morgan fingerprint density at radius 1 is 1.29 bits per heavy atom. The van der Waals surface area contributed by atoms with Gasteiger partial charge < -0.3 is 5.32 Å². The lowest BCUT2D eigenvalue weighted by molar-refractivity contribution is -0.121. The van der Waals surface area contributed by atoms with Gasteiger partial charge in [0.1, 0.15) is 0 Å². The Morgan fingerprint density at radius 2 is 1.94 bits per heavy atom. The number of nitrogens with one attached hydrogen (secondary N) is 1. The quantitative estimate of drug-likeness (QED) is 0.856. The van der Waals surface area contributed by atoms with E-state index in [1.807, 2.05) is 31.2 Å².